The van der Waals surface area contributed by atoms with Crippen molar-refractivity contribution in [3.63, 3.8) is 0 Å². The number of anilines is 1. The van der Waals surface area contributed by atoms with E-state index in [4.69, 9.17) is 9.47 Å². The van der Waals surface area contributed by atoms with Crippen LogP contribution < -0.4 is 19.1 Å². The first-order chi connectivity index (χ1) is 15.3. The first-order valence-corrected chi connectivity index (χ1v) is 11.5. The molecule has 0 aliphatic heterocycles. The number of hydrogen-bond acceptors (Lipinski definition) is 5. The van der Waals surface area contributed by atoms with E-state index in [1.54, 1.807) is 51.4 Å². The zero-order valence-corrected chi connectivity index (χ0v) is 19.1. The van der Waals surface area contributed by atoms with E-state index in [9.17, 15) is 13.2 Å². The van der Waals surface area contributed by atoms with Crippen LogP contribution in [0.3, 0.4) is 0 Å². The van der Waals surface area contributed by atoms with Crippen LogP contribution >= 0.6 is 0 Å². The summed E-state index contributed by atoms with van der Waals surface area (Å²) < 4.78 is 38.6. The monoisotopic (exact) mass is 454 g/mol. The molecule has 168 valence electrons. The van der Waals surface area contributed by atoms with Gasteiger partial charge in [0.05, 0.1) is 12.0 Å². The van der Waals surface area contributed by atoms with E-state index in [1.807, 2.05) is 30.3 Å². The second-order valence-corrected chi connectivity index (χ2v) is 8.94. The minimum absolute atomic E-state index is 0.139. The topological polar surface area (TPSA) is 84.9 Å². The number of nitrogens with one attached hydrogen (secondary N) is 1. The van der Waals surface area contributed by atoms with E-state index >= 15 is 0 Å². The molecule has 0 saturated heterocycles. The molecule has 1 amide bonds. The molecule has 3 rings (SSSR count). The maximum atomic E-state index is 12.6. The Kier molecular flexibility index (Phi) is 7.50. The van der Waals surface area contributed by atoms with Crippen LogP contribution in [-0.4, -0.2) is 35.1 Å². The molecule has 0 aromatic heterocycles. The molecular formula is C24H26N2O5S. The van der Waals surface area contributed by atoms with Crippen molar-refractivity contribution in [3.8, 4) is 11.5 Å². The lowest BCUT2D eigenvalue weighted by molar-refractivity contribution is -0.120. The van der Waals surface area contributed by atoms with Gasteiger partial charge in [0.2, 0.25) is 10.0 Å². The van der Waals surface area contributed by atoms with E-state index in [1.165, 1.54) is 17.0 Å². The van der Waals surface area contributed by atoms with Gasteiger partial charge in [-0.2, -0.15) is 0 Å². The average Bonchev–Trinajstić information content (AvgIpc) is 2.82. The second-order valence-electron chi connectivity index (χ2n) is 7.18. The number of benzene rings is 3. The first-order valence-electron chi connectivity index (χ1n) is 9.98. The van der Waals surface area contributed by atoms with Crippen LogP contribution in [-0.2, 0) is 21.4 Å². The van der Waals surface area contributed by atoms with Crippen molar-refractivity contribution >= 4 is 21.6 Å². The molecule has 8 heteroatoms. The molecule has 7 nitrogen and oxygen atoms in total. The average molecular weight is 455 g/mol. The Labute approximate surface area is 188 Å². The summed E-state index contributed by atoms with van der Waals surface area (Å²) in [4.78, 5) is 14.1. The Morgan fingerprint density at radius 1 is 1.00 bits per heavy atom. The highest BCUT2D eigenvalue weighted by atomic mass is 32.2. The maximum absolute atomic E-state index is 12.6. The number of sulfonamides is 1. The van der Waals surface area contributed by atoms with Gasteiger partial charge in [0.25, 0.3) is 5.91 Å². The third-order valence-corrected chi connectivity index (χ3v) is 6.35. The van der Waals surface area contributed by atoms with Gasteiger partial charge in [-0.3, -0.25) is 4.79 Å². The molecule has 1 N–H and O–H groups in total. The Morgan fingerprint density at radius 2 is 1.69 bits per heavy atom. The van der Waals surface area contributed by atoms with Crippen LogP contribution in [0, 0.1) is 6.92 Å². The summed E-state index contributed by atoms with van der Waals surface area (Å²) in [7, 11) is -0.435. The summed E-state index contributed by atoms with van der Waals surface area (Å²) in [5.41, 5.74) is 2.20. The molecule has 0 unspecified atom stereocenters. The van der Waals surface area contributed by atoms with Gasteiger partial charge in [-0.15, -0.1) is 0 Å². The molecule has 0 bridgehead atoms. The van der Waals surface area contributed by atoms with Gasteiger partial charge < -0.3 is 14.4 Å². The zero-order valence-electron chi connectivity index (χ0n) is 18.2. The standard InChI is InChI=1S/C24H26N2O5S/c1-18-15-22(32(28,29)25-16-19-7-5-4-6-8-19)13-14-23(18)31-17-24(27)26(2)20-9-11-21(30-3)12-10-20/h4-15,25H,16-17H2,1-3H3. The molecule has 0 aliphatic carbocycles. The highest BCUT2D eigenvalue weighted by molar-refractivity contribution is 7.89. The number of likely N-dealkylation sites (N-methyl/N-ethyl adjacent to an activating group) is 1. The smallest absolute Gasteiger partial charge is 0.264 e. The van der Waals surface area contributed by atoms with Crippen molar-refractivity contribution in [1.82, 2.24) is 4.72 Å². The zero-order chi connectivity index (χ0) is 23.1. The number of carbonyl (C=O) groups excluding carboxylic acids is 1. The van der Waals surface area contributed by atoms with Crippen LogP contribution in [0.2, 0.25) is 0 Å². The molecule has 3 aromatic carbocycles. The van der Waals surface area contributed by atoms with Crippen LogP contribution in [0.5, 0.6) is 11.5 Å². The summed E-state index contributed by atoms with van der Waals surface area (Å²) in [6, 6.07) is 21.0. The number of amides is 1. The van der Waals surface area contributed by atoms with Crippen molar-refractivity contribution in [1.29, 1.82) is 0 Å². The van der Waals surface area contributed by atoms with Crippen LogP contribution in [0.25, 0.3) is 0 Å². The lowest BCUT2D eigenvalue weighted by Gasteiger charge is -2.18. The largest absolute Gasteiger partial charge is 0.497 e. The summed E-state index contributed by atoms with van der Waals surface area (Å²) >= 11 is 0. The minimum Gasteiger partial charge on any atom is -0.497 e. The van der Waals surface area contributed by atoms with Gasteiger partial charge in [0, 0.05) is 19.3 Å². The third-order valence-electron chi connectivity index (χ3n) is 4.95. The first kappa shape index (κ1) is 23.3. The third kappa shape index (κ3) is 5.87. The number of carbonyl (C=O) groups is 1. The van der Waals surface area contributed by atoms with Crippen molar-refractivity contribution < 1.29 is 22.7 Å². The second kappa shape index (κ2) is 10.3. The van der Waals surface area contributed by atoms with Gasteiger partial charge >= 0.3 is 0 Å². The highest BCUT2D eigenvalue weighted by Crippen LogP contribution is 2.23. The van der Waals surface area contributed by atoms with E-state index in [-0.39, 0.29) is 24.0 Å². The number of aryl methyl sites for hydroxylation is 1. The Bertz CT molecular complexity index is 1160. The van der Waals surface area contributed by atoms with Crippen LogP contribution in [0.1, 0.15) is 11.1 Å². The van der Waals surface area contributed by atoms with E-state index in [0.29, 0.717) is 22.7 Å². The van der Waals surface area contributed by atoms with Crippen molar-refractivity contribution in [2.45, 2.75) is 18.4 Å². The van der Waals surface area contributed by atoms with Crippen molar-refractivity contribution in [3.05, 3.63) is 83.9 Å². The summed E-state index contributed by atoms with van der Waals surface area (Å²) in [5, 5.41) is 0. The number of hydrogen-bond donors (Lipinski definition) is 1. The molecule has 3 aromatic rings. The van der Waals surface area contributed by atoms with Gasteiger partial charge in [0.1, 0.15) is 11.5 Å². The van der Waals surface area contributed by atoms with Crippen molar-refractivity contribution in [2.75, 3.05) is 25.7 Å². The Morgan fingerprint density at radius 3 is 2.31 bits per heavy atom. The predicted octanol–water partition coefficient (Wildman–Crippen LogP) is 3.52. The fraction of sp³-hybridized carbons (Fsp3) is 0.208. The molecule has 0 atom stereocenters. The lowest BCUT2D eigenvalue weighted by Crippen LogP contribution is -2.31. The highest BCUT2D eigenvalue weighted by Gasteiger charge is 2.17. The number of methoxy groups -OCH3 is 1. The molecule has 0 saturated carbocycles. The van der Waals surface area contributed by atoms with Crippen molar-refractivity contribution in [2.24, 2.45) is 0 Å². The van der Waals surface area contributed by atoms with Crippen LogP contribution in [0.4, 0.5) is 5.69 Å². The maximum Gasteiger partial charge on any atom is 0.264 e. The number of rotatable bonds is 9. The van der Waals surface area contributed by atoms with E-state index < -0.39 is 10.0 Å². The molecule has 0 heterocycles. The lowest BCUT2D eigenvalue weighted by atomic mass is 10.2. The normalized spacial score (nSPS) is 11.1. The molecule has 32 heavy (non-hydrogen) atoms. The van der Waals surface area contributed by atoms with Crippen LogP contribution in [0.15, 0.2) is 77.7 Å². The molecule has 0 aliphatic rings. The summed E-state index contributed by atoms with van der Waals surface area (Å²) in [5.74, 6) is 0.911. The number of nitrogens with zero attached hydrogens (tertiary/aromatic N) is 1. The minimum atomic E-state index is -3.68. The molecule has 0 radical (unpaired) electrons. The molecule has 0 fully saturated rings. The quantitative estimate of drug-likeness (QED) is 0.535. The van der Waals surface area contributed by atoms with Gasteiger partial charge in [-0.1, -0.05) is 30.3 Å². The Balaban J connectivity index is 1.61. The summed E-state index contributed by atoms with van der Waals surface area (Å²) in [6.45, 7) is 1.76. The van der Waals surface area contributed by atoms with Gasteiger partial charge in [0.15, 0.2) is 6.61 Å². The SMILES string of the molecule is COc1ccc(N(C)C(=O)COc2ccc(S(=O)(=O)NCc3ccccc3)cc2C)cc1. The summed E-state index contributed by atoms with van der Waals surface area (Å²) in [6.07, 6.45) is 0. The molecular weight excluding hydrogens is 428 g/mol. The van der Waals surface area contributed by atoms with E-state index in [0.717, 1.165) is 5.56 Å². The predicted molar refractivity (Wildman–Crippen MR) is 124 cm³/mol. The fourth-order valence-corrected chi connectivity index (χ4v) is 4.10. The fourth-order valence-electron chi connectivity index (χ4n) is 2.99. The molecule has 0 spiro atoms. The van der Waals surface area contributed by atoms with Gasteiger partial charge in [-0.05, 0) is 60.5 Å². The van der Waals surface area contributed by atoms with Gasteiger partial charge in [-0.25, -0.2) is 13.1 Å². The number of ether oxygens (including phenoxy) is 2. The van der Waals surface area contributed by atoms with E-state index in [2.05, 4.69) is 4.72 Å². The Hall–Kier alpha value is -3.36.